The molecule has 1 heterocycles. The number of nitrogens with one attached hydrogen (secondary N) is 2. The molecule has 0 amide bonds. The number of benzene rings is 1. The van der Waals surface area contributed by atoms with E-state index in [9.17, 15) is 5.11 Å². The van der Waals surface area contributed by atoms with Gasteiger partial charge >= 0.3 is 0 Å². The van der Waals surface area contributed by atoms with Crippen molar-refractivity contribution in [1.29, 1.82) is 0 Å². The van der Waals surface area contributed by atoms with Crippen LogP contribution in [0.1, 0.15) is 39.5 Å². The van der Waals surface area contributed by atoms with Crippen molar-refractivity contribution in [3.63, 3.8) is 0 Å². The van der Waals surface area contributed by atoms with Gasteiger partial charge in [-0.2, -0.15) is 0 Å². The molecule has 3 N–H and O–H groups in total. The lowest BCUT2D eigenvalue weighted by Crippen LogP contribution is -2.40. The molecule has 1 aliphatic rings. The third-order valence-corrected chi connectivity index (χ3v) is 5.35. The van der Waals surface area contributed by atoms with Gasteiger partial charge in [-0.1, -0.05) is 19.4 Å². The third-order valence-electron chi connectivity index (χ3n) is 5.35. The van der Waals surface area contributed by atoms with Gasteiger partial charge in [0.15, 0.2) is 5.96 Å². The van der Waals surface area contributed by atoms with Crippen LogP contribution in [0, 0.1) is 11.8 Å². The maximum absolute atomic E-state index is 9.24. The molecule has 1 aliphatic heterocycles. The number of nitrogens with zero attached hydrogens (tertiary/aromatic N) is 2. The Balaban J connectivity index is 0.00000420. The number of ether oxygens (including phenoxy) is 1. The molecule has 7 heteroatoms. The molecule has 29 heavy (non-hydrogen) atoms. The van der Waals surface area contributed by atoms with Crippen molar-refractivity contribution in [1.82, 2.24) is 10.6 Å². The Bertz CT molecular complexity index is 594. The van der Waals surface area contributed by atoms with E-state index >= 15 is 0 Å². The van der Waals surface area contributed by atoms with Gasteiger partial charge in [0, 0.05) is 51.1 Å². The molecule has 1 aromatic carbocycles. The Kier molecular flexibility index (Phi) is 13.1. The maximum Gasteiger partial charge on any atom is 0.191 e. The number of aliphatic imine (C=N–C) groups is 1. The van der Waals surface area contributed by atoms with Gasteiger partial charge < -0.3 is 25.4 Å². The molecule has 1 saturated heterocycles. The molecule has 0 radical (unpaired) electrons. The van der Waals surface area contributed by atoms with E-state index in [1.807, 2.05) is 6.07 Å². The van der Waals surface area contributed by atoms with E-state index in [1.165, 1.54) is 12.1 Å². The van der Waals surface area contributed by atoms with Gasteiger partial charge in [0.1, 0.15) is 5.75 Å². The van der Waals surface area contributed by atoms with Gasteiger partial charge in [0.2, 0.25) is 0 Å². The van der Waals surface area contributed by atoms with Crippen LogP contribution < -0.4 is 20.3 Å². The summed E-state index contributed by atoms with van der Waals surface area (Å²) in [5.41, 5.74) is 1.23. The Labute approximate surface area is 193 Å². The molecule has 0 spiro atoms. The summed E-state index contributed by atoms with van der Waals surface area (Å²) in [5.74, 6) is 2.85. The average Bonchev–Trinajstić information content (AvgIpc) is 3.19. The van der Waals surface area contributed by atoms with Crippen LogP contribution in [0.3, 0.4) is 0 Å². The van der Waals surface area contributed by atoms with Gasteiger partial charge in [-0.25, -0.2) is 0 Å². The van der Waals surface area contributed by atoms with E-state index in [1.54, 1.807) is 7.11 Å². The SMILES string of the molecule is CCCC(CCO)CN=C(NCC)NCC1CCN(c2cccc(OC)c2)C1.I. The molecule has 2 atom stereocenters. The molecule has 0 aliphatic carbocycles. The van der Waals surface area contributed by atoms with Crippen molar-refractivity contribution in [2.75, 3.05) is 51.3 Å². The monoisotopic (exact) mass is 518 g/mol. The molecule has 0 aromatic heterocycles. The second-order valence-electron chi connectivity index (χ2n) is 7.57. The highest BCUT2D eigenvalue weighted by Gasteiger charge is 2.23. The number of methoxy groups -OCH3 is 1. The first kappa shape index (κ1) is 25.8. The number of hydrogen-bond donors (Lipinski definition) is 3. The predicted molar refractivity (Wildman–Crippen MR) is 133 cm³/mol. The highest BCUT2D eigenvalue weighted by atomic mass is 127. The number of halogens is 1. The molecule has 2 rings (SSSR count). The van der Waals surface area contributed by atoms with Crippen molar-refractivity contribution in [3.8, 4) is 5.75 Å². The molecular weight excluding hydrogens is 479 g/mol. The summed E-state index contributed by atoms with van der Waals surface area (Å²) in [6.07, 6.45) is 4.25. The minimum Gasteiger partial charge on any atom is -0.497 e. The van der Waals surface area contributed by atoms with E-state index in [2.05, 4.69) is 47.6 Å². The van der Waals surface area contributed by atoms with Crippen LogP contribution in [0.5, 0.6) is 5.75 Å². The summed E-state index contributed by atoms with van der Waals surface area (Å²) in [6, 6.07) is 8.30. The summed E-state index contributed by atoms with van der Waals surface area (Å²) >= 11 is 0. The van der Waals surface area contributed by atoms with Gasteiger partial charge in [0.25, 0.3) is 0 Å². The number of rotatable bonds is 11. The van der Waals surface area contributed by atoms with E-state index in [4.69, 9.17) is 9.73 Å². The zero-order valence-corrected chi connectivity index (χ0v) is 20.5. The van der Waals surface area contributed by atoms with E-state index in [0.29, 0.717) is 11.8 Å². The van der Waals surface area contributed by atoms with Gasteiger partial charge in [0.05, 0.1) is 7.11 Å². The molecule has 0 saturated carbocycles. The fourth-order valence-corrected chi connectivity index (χ4v) is 3.76. The minimum atomic E-state index is 0. The number of aliphatic hydroxyl groups is 1. The largest absolute Gasteiger partial charge is 0.497 e. The van der Waals surface area contributed by atoms with Gasteiger partial charge in [-0.3, -0.25) is 4.99 Å². The second kappa shape index (κ2) is 14.7. The van der Waals surface area contributed by atoms with Gasteiger partial charge in [-0.05, 0) is 50.2 Å². The summed E-state index contributed by atoms with van der Waals surface area (Å²) in [5, 5.41) is 16.1. The van der Waals surface area contributed by atoms with Crippen LogP contribution in [-0.4, -0.2) is 57.5 Å². The molecule has 0 bridgehead atoms. The summed E-state index contributed by atoms with van der Waals surface area (Å²) in [6.45, 7) is 9.18. The molecular formula is C22H39IN4O2. The number of anilines is 1. The Morgan fingerprint density at radius 2 is 2.14 bits per heavy atom. The summed E-state index contributed by atoms with van der Waals surface area (Å²) < 4.78 is 5.35. The predicted octanol–water partition coefficient (Wildman–Crippen LogP) is 3.49. The number of hydrogen-bond acceptors (Lipinski definition) is 4. The van der Waals surface area contributed by atoms with Crippen molar-refractivity contribution in [3.05, 3.63) is 24.3 Å². The van der Waals surface area contributed by atoms with Gasteiger partial charge in [-0.15, -0.1) is 24.0 Å². The fraction of sp³-hybridized carbons (Fsp3) is 0.682. The molecule has 2 unspecified atom stereocenters. The zero-order chi connectivity index (χ0) is 20.2. The Hall–Kier alpha value is -1.22. The lowest BCUT2D eigenvalue weighted by molar-refractivity contribution is 0.253. The van der Waals surface area contributed by atoms with Crippen molar-refractivity contribution < 1.29 is 9.84 Å². The van der Waals surface area contributed by atoms with Crippen LogP contribution in [-0.2, 0) is 0 Å². The first-order valence-electron chi connectivity index (χ1n) is 10.7. The zero-order valence-electron chi connectivity index (χ0n) is 18.2. The quantitative estimate of drug-likeness (QED) is 0.238. The summed E-state index contributed by atoms with van der Waals surface area (Å²) in [4.78, 5) is 7.19. The molecule has 1 fully saturated rings. The van der Waals surface area contributed by atoms with Crippen LogP contribution in [0.4, 0.5) is 5.69 Å². The van der Waals surface area contributed by atoms with E-state index in [-0.39, 0.29) is 30.6 Å². The van der Waals surface area contributed by atoms with Crippen LogP contribution in [0.25, 0.3) is 0 Å². The lowest BCUT2D eigenvalue weighted by Gasteiger charge is -2.20. The van der Waals surface area contributed by atoms with Crippen LogP contribution in [0.15, 0.2) is 29.3 Å². The fourth-order valence-electron chi connectivity index (χ4n) is 3.76. The Morgan fingerprint density at radius 1 is 1.31 bits per heavy atom. The minimum absolute atomic E-state index is 0. The highest BCUT2D eigenvalue weighted by molar-refractivity contribution is 14.0. The third kappa shape index (κ3) is 8.99. The van der Waals surface area contributed by atoms with Crippen molar-refractivity contribution in [2.45, 2.75) is 39.5 Å². The standard InChI is InChI=1S/C22H38N4O2.HI/c1-4-7-18(11-13-27)15-24-22(23-5-2)25-16-19-10-12-26(17-19)20-8-6-9-21(14-20)28-3;/h6,8-9,14,18-19,27H,4-5,7,10-13,15-17H2,1-3H3,(H2,23,24,25);1H. The molecule has 166 valence electrons. The van der Waals surface area contributed by atoms with Crippen LogP contribution >= 0.6 is 24.0 Å². The summed E-state index contributed by atoms with van der Waals surface area (Å²) in [7, 11) is 1.71. The first-order valence-corrected chi connectivity index (χ1v) is 10.7. The van der Waals surface area contributed by atoms with Crippen LogP contribution in [0.2, 0.25) is 0 Å². The second-order valence-corrected chi connectivity index (χ2v) is 7.57. The smallest absolute Gasteiger partial charge is 0.191 e. The maximum atomic E-state index is 9.24. The number of guanidine groups is 1. The number of aliphatic hydroxyl groups excluding tert-OH is 1. The van der Waals surface area contributed by atoms with E-state index < -0.39 is 0 Å². The first-order chi connectivity index (χ1) is 13.7. The Morgan fingerprint density at radius 3 is 2.83 bits per heavy atom. The lowest BCUT2D eigenvalue weighted by atomic mass is 10.0. The van der Waals surface area contributed by atoms with Crippen molar-refractivity contribution >= 4 is 35.6 Å². The average molecular weight is 518 g/mol. The highest BCUT2D eigenvalue weighted by Crippen LogP contribution is 2.26. The normalized spacial score (nSPS) is 17.6. The topological polar surface area (TPSA) is 69.1 Å². The van der Waals surface area contributed by atoms with E-state index in [0.717, 1.165) is 63.7 Å². The van der Waals surface area contributed by atoms with Crippen molar-refractivity contribution in [2.24, 2.45) is 16.8 Å². The molecule has 6 nitrogen and oxygen atoms in total. The molecule has 1 aromatic rings.